The highest BCUT2D eigenvalue weighted by atomic mass is 16.5. The van der Waals surface area contributed by atoms with Crippen LogP contribution in [0, 0.1) is 11.8 Å². The number of hydrogen-bond acceptors (Lipinski definition) is 3. The predicted octanol–water partition coefficient (Wildman–Crippen LogP) is 7.05. The number of carbonyl (C=O) groups is 1. The van der Waals surface area contributed by atoms with Crippen LogP contribution >= 0.6 is 0 Å². The van der Waals surface area contributed by atoms with E-state index in [-0.39, 0.29) is 5.92 Å². The van der Waals surface area contributed by atoms with E-state index in [9.17, 15) is 4.79 Å². The number of hydrogen-bond donors (Lipinski definition) is 0. The fourth-order valence-corrected chi connectivity index (χ4v) is 4.09. The highest BCUT2D eigenvalue weighted by Gasteiger charge is 2.15. The highest BCUT2D eigenvalue weighted by molar-refractivity contribution is 5.88. The van der Waals surface area contributed by atoms with Crippen LogP contribution in [0.15, 0.2) is 61.2 Å². The van der Waals surface area contributed by atoms with Gasteiger partial charge < -0.3 is 14.0 Å². The molecule has 1 heterocycles. The monoisotopic (exact) mass is 447 g/mol. The van der Waals surface area contributed by atoms with Gasteiger partial charge in [0.25, 0.3) is 0 Å². The van der Waals surface area contributed by atoms with Crippen molar-refractivity contribution in [2.75, 3.05) is 13.2 Å². The van der Waals surface area contributed by atoms with Crippen molar-refractivity contribution >= 4 is 16.9 Å². The van der Waals surface area contributed by atoms with Crippen LogP contribution in [0.25, 0.3) is 22.2 Å². The zero-order valence-electron chi connectivity index (χ0n) is 20.5. The fraction of sp³-hybridized carbons (Fsp3) is 0.414. The molecule has 0 spiro atoms. The average molecular weight is 448 g/mol. The second-order valence-electron chi connectivity index (χ2n) is 9.20. The van der Waals surface area contributed by atoms with E-state index >= 15 is 0 Å². The van der Waals surface area contributed by atoms with Crippen LogP contribution in [0.1, 0.15) is 46.1 Å². The van der Waals surface area contributed by atoms with Gasteiger partial charge in [-0.05, 0) is 48.9 Å². The molecule has 3 aromatic rings. The largest absolute Gasteiger partial charge is 0.493 e. The second kappa shape index (κ2) is 11.7. The lowest BCUT2D eigenvalue weighted by Crippen LogP contribution is -2.16. The van der Waals surface area contributed by atoms with E-state index in [0.29, 0.717) is 19.1 Å². The summed E-state index contributed by atoms with van der Waals surface area (Å²) in [6, 6.07) is 17.3. The van der Waals surface area contributed by atoms with Gasteiger partial charge in [0.2, 0.25) is 0 Å². The van der Waals surface area contributed by atoms with Gasteiger partial charge in [-0.15, -0.1) is 0 Å². The molecule has 2 aromatic carbocycles. The number of ether oxygens (including phenoxy) is 2. The van der Waals surface area contributed by atoms with Crippen LogP contribution in [0.2, 0.25) is 0 Å². The number of aryl methyl sites for hydroxylation is 2. The van der Waals surface area contributed by atoms with Crippen molar-refractivity contribution in [3.8, 4) is 17.0 Å². The molecule has 4 heteroatoms. The fourth-order valence-electron chi connectivity index (χ4n) is 4.09. The number of benzene rings is 2. The van der Waals surface area contributed by atoms with Crippen molar-refractivity contribution in [3.05, 3.63) is 66.7 Å². The van der Waals surface area contributed by atoms with Gasteiger partial charge in [-0.2, -0.15) is 0 Å². The first kappa shape index (κ1) is 24.6. The number of nitrogens with zero attached hydrogens (tertiary/aromatic N) is 1. The molecule has 4 nitrogen and oxygen atoms in total. The van der Waals surface area contributed by atoms with E-state index in [2.05, 4.69) is 74.4 Å². The highest BCUT2D eigenvalue weighted by Crippen LogP contribution is 2.33. The smallest absolute Gasteiger partial charge is 0.330 e. The molecule has 0 amide bonds. The van der Waals surface area contributed by atoms with E-state index in [1.165, 1.54) is 40.2 Å². The summed E-state index contributed by atoms with van der Waals surface area (Å²) in [5, 5.41) is 1.22. The van der Waals surface area contributed by atoms with E-state index in [4.69, 9.17) is 9.47 Å². The number of fused-ring (bicyclic) bond motifs is 1. The summed E-state index contributed by atoms with van der Waals surface area (Å²) in [6.07, 6.45) is 4.53. The number of esters is 1. The molecule has 0 aliphatic carbocycles. The van der Waals surface area contributed by atoms with E-state index in [1.807, 2.05) is 13.0 Å². The summed E-state index contributed by atoms with van der Waals surface area (Å²) < 4.78 is 13.6. The third-order valence-electron chi connectivity index (χ3n) is 5.92. The molecule has 0 bridgehead atoms. The molecule has 3 rings (SSSR count). The Balaban J connectivity index is 1.88. The van der Waals surface area contributed by atoms with Crippen molar-refractivity contribution in [3.63, 3.8) is 0 Å². The quantitative estimate of drug-likeness (QED) is 0.221. The number of carbonyl (C=O) groups excluding carboxylic acids is 1. The van der Waals surface area contributed by atoms with Crippen molar-refractivity contribution < 1.29 is 14.3 Å². The normalized spacial score (nSPS) is 12.2. The molecule has 0 aliphatic heterocycles. The first-order valence-electron chi connectivity index (χ1n) is 12.1. The maximum absolute atomic E-state index is 11.3. The van der Waals surface area contributed by atoms with Crippen molar-refractivity contribution in [1.82, 2.24) is 4.57 Å². The van der Waals surface area contributed by atoms with Crippen molar-refractivity contribution in [2.24, 2.45) is 11.8 Å². The lowest BCUT2D eigenvalue weighted by atomic mass is 10.0. The molecule has 0 aliphatic rings. The second-order valence-corrected chi connectivity index (χ2v) is 9.20. The minimum atomic E-state index is -0.401. The first-order chi connectivity index (χ1) is 15.9. The Kier molecular flexibility index (Phi) is 8.76. The molecule has 0 radical (unpaired) electrons. The van der Waals surface area contributed by atoms with Crippen LogP contribution in [0.3, 0.4) is 0 Å². The van der Waals surface area contributed by atoms with Gasteiger partial charge in [0.1, 0.15) is 5.75 Å². The van der Waals surface area contributed by atoms with Crippen molar-refractivity contribution in [2.45, 2.75) is 53.5 Å². The van der Waals surface area contributed by atoms with Crippen molar-refractivity contribution in [1.29, 1.82) is 0 Å². The standard InChI is InChI=1S/C29H37NO3/c1-6-23-12-8-9-13-26(23)28-17-24-14-15-25(32-19-22(5)20-33-29(31)7-2)18-27(24)30(28)16-10-11-21(3)4/h7-9,12-15,17-18,21-22H,2,6,10-11,16,19-20H2,1,3-5H3. The predicted molar refractivity (Wildman–Crippen MR) is 137 cm³/mol. The molecular weight excluding hydrogens is 410 g/mol. The van der Waals surface area contributed by atoms with Crippen LogP contribution in [-0.4, -0.2) is 23.8 Å². The van der Waals surface area contributed by atoms with Crippen LogP contribution < -0.4 is 4.74 Å². The molecule has 0 saturated carbocycles. The number of aromatic nitrogens is 1. The summed E-state index contributed by atoms with van der Waals surface area (Å²) in [6.45, 7) is 14.0. The maximum atomic E-state index is 11.3. The Morgan fingerprint density at radius 2 is 1.88 bits per heavy atom. The third kappa shape index (κ3) is 6.50. The summed E-state index contributed by atoms with van der Waals surface area (Å²) in [7, 11) is 0. The molecule has 176 valence electrons. The van der Waals surface area contributed by atoms with Crippen LogP contribution in [0.5, 0.6) is 5.75 Å². The first-order valence-corrected chi connectivity index (χ1v) is 12.1. The van der Waals surface area contributed by atoms with Gasteiger partial charge in [-0.3, -0.25) is 0 Å². The summed E-state index contributed by atoms with van der Waals surface area (Å²) in [5.74, 6) is 1.22. The van der Waals surface area contributed by atoms with E-state index in [1.54, 1.807) is 0 Å². The Bertz CT molecular complexity index is 1080. The molecule has 0 fully saturated rings. The summed E-state index contributed by atoms with van der Waals surface area (Å²) in [4.78, 5) is 11.3. The zero-order chi connectivity index (χ0) is 23.8. The molecular formula is C29H37NO3. The minimum Gasteiger partial charge on any atom is -0.493 e. The average Bonchev–Trinajstić information content (AvgIpc) is 3.18. The molecule has 33 heavy (non-hydrogen) atoms. The molecule has 1 aromatic heterocycles. The van der Waals surface area contributed by atoms with Gasteiger partial charge in [0.15, 0.2) is 0 Å². The van der Waals surface area contributed by atoms with Gasteiger partial charge in [0.05, 0.1) is 18.7 Å². The Morgan fingerprint density at radius 1 is 1.09 bits per heavy atom. The van der Waals surface area contributed by atoms with Crippen LogP contribution in [0.4, 0.5) is 0 Å². The Labute approximate surface area is 198 Å². The van der Waals surface area contributed by atoms with Crippen LogP contribution in [-0.2, 0) is 22.5 Å². The summed E-state index contributed by atoms with van der Waals surface area (Å²) >= 11 is 0. The lowest BCUT2D eigenvalue weighted by Gasteiger charge is -2.16. The third-order valence-corrected chi connectivity index (χ3v) is 5.92. The Morgan fingerprint density at radius 3 is 2.61 bits per heavy atom. The van der Waals surface area contributed by atoms with E-state index < -0.39 is 5.97 Å². The molecule has 0 saturated heterocycles. The van der Waals surface area contributed by atoms with Gasteiger partial charge in [0, 0.05) is 41.2 Å². The number of rotatable bonds is 12. The summed E-state index contributed by atoms with van der Waals surface area (Å²) in [5.41, 5.74) is 5.14. The topological polar surface area (TPSA) is 40.5 Å². The minimum absolute atomic E-state index is 0.0921. The van der Waals surface area contributed by atoms with E-state index in [0.717, 1.165) is 25.1 Å². The van der Waals surface area contributed by atoms with Gasteiger partial charge in [-0.1, -0.05) is 58.5 Å². The molecule has 1 atom stereocenters. The SMILES string of the molecule is C=CC(=O)OCC(C)COc1ccc2cc(-c3ccccc3CC)n(CCCC(C)C)c2c1. The maximum Gasteiger partial charge on any atom is 0.330 e. The molecule has 0 N–H and O–H groups in total. The lowest BCUT2D eigenvalue weighted by molar-refractivity contribution is -0.139. The van der Waals surface area contributed by atoms with Gasteiger partial charge in [-0.25, -0.2) is 4.79 Å². The van der Waals surface area contributed by atoms with Gasteiger partial charge >= 0.3 is 5.97 Å². The zero-order valence-corrected chi connectivity index (χ0v) is 20.5. The Hall–Kier alpha value is -3.01. The molecule has 1 unspecified atom stereocenters.